The van der Waals surface area contributed by atoms with Gasteiger partial charge in [-0.3, -0.25) is 9.59 Å². The summed E-state index contributed by atoms with van der Waals surface area (Å²) in [4.78, 5) is 26.5. The monoisotopic (exact) mass is 427 g/mol. The van der Waals surface area contributed by atoms with E-state index in [1.807, 2.05) is 36.4 Å². The van der Waals surface area contributed by atoms with E-state index in [1.54, 1.807) is 20.0 Å². The summed E-state index contributed by atoms with van der Waals surface area (Å²) in [7, 11) is 1.62. The second-order valence-corrected chi connectivity index (χ2v) is 7.61. The Morgan fingerprint density at radius 3 is 2.73 bits per heavy atom. The minimum absolute atomic E-state index is 0.0486. The molecule has 0 fully saturated rings. The van der Waals surface area contributed by atoms with E-state index in [4.69, 9.17) is 21.1 Å². The molecule has 0 saturated heterocycles. The van der Waals surface area contributed by atoms with Crippen LogP contribution in [0, 0.1) is 0 Å². The highest BCUT2D eigenvalue weighted by molar-refractivity contribution is 6.34. The van der Waals surface area contributed by atoms with Gasteiger partial charge in [-0.1, -0.05) is 42.8 Å². The number of amides is 2. The Morgan fingerprint density at radius 2 is 1.97 bits per heavy atom. The molecule has 0 bridgehead atoms. The molecule has 0 unspecified atom stereocenters. The molecule has 2 aliphatic rings. The zero-order valence-corrected chi connectivity index (χ0v) is 17.6. The van der Waals surface area contributed by atoms with Crippen molar-refractivity contribution in [2.24, 2.45) is 5.10 Å². The second-order valence-electron chi connectivity index (χ2n) is 7.20. The molecule has 0 aliphatic carbocycles. The first-order valence-electron chi connectivity index (χ1n) is 9.76. The predicted octanol–water partition coefficient (Wildman–Crippen LogP) is 3.61. The quantitative estimate of drug-likeness (QED) is 0.730. The van der Waals surface area contributed by atoms with Gasteiger partial charge in [0.2, 0.25) is 12.7 Å². The molecule has 2 amide bonds. The van der Waals surface area contributed by atoms with Crippen molar-refractivity contribution in [3.05, 3.63) is 58.6 Å². The lowest BCUT2D eigenvalue weighted by atomic mass is 9.98. The number of fused-ring (bicyclic) bond motifs is 1. The number of carbonyl (C=O) groups is 2. The van der Waals surface area contributed by atoms with Crippen molar-refractivity contribution in [1.82, 2.24) is 9.91 Å². The first-order valence-corrected chi connectivity index (χ1v) is 10.1. The largest absolute Gasteiger partial charge is 0.454 e. The number of hydrogen-bond acceptors (Lipinski definition) is 5. The van der Waals surface area contributed by atoms with E-state index in [0.29, 0.717) is 29.4 Å². The standard InChI is InChI=1S/C22H22ClN3O4/c1-3-21(27)25(2)12-22(28)26-18(14-8-9-19-20(10-14)30-13-29-19)11-17(24-26)15-6-4-5-7-16(15)23/h4-10,18H,3,11-13H2,1-2H3/t18-/m1/s1. The number of halogens is 1. The molecule has 7 nitrogen and oxygen atoms in total. The smallest absolute Gasteiger partial charge is 0.262 e. The highest BCUT2D eigenvalue weighted by Gasteiger charge is 2.35. The Hall–Kier alpha value is -3.06. The van der Waals surface area contributed by atoms with Crippen molar-refractivity contribution < 1.29 is 19.1 Å². The lowest BCUT2D eigenvalue weighted by molar-refractivity contribution is -0.140. The maximum Gasteiger partial charge on any atom is 0.262 e. The average molecular weight is 428 g/mol. The van der Waals surface area contributed by atoms with Crippen LogP contribution in [0.4, 0.5) is 0 Å². The van der Waals surface area contributed by atoms with Gasteiger partial charge in [-0.05, 0) is 23.8 Å². The number of ether oxygens (including phenoxy) is 2. The van der Waals surface area contributed by atoms with Crippen LogP contribution in [-0.2, 0) is 9.59 Å². The maximum atomic E-state index is 13.1. The maximum absolute atomic E-state index is 13.1. The summed E-state index contributed by atoms with van der Waals surface area (Å²) in [5.74, 6) is 0.959. The van der Waals surface area contributed by atoms with Crippen LogP contribution in [0.5, 0.6) is 11.5 Å². The average Bonchev–Trinajstić information content (AvgIpc) is 3.40. The van der Waals surface area contributed by atoms with Gasteiger partial charge in [0.05, 0.1) is 11.8 Å². The normalized spacial score (nSPS) is 17.1. The van der Waals surface area contributed by atoms with Crippen molar-refractivity contribution in [3.8, 4) is 11.5 Å². The lowest BCUT2D eigenvalue weighted by Gasteiger charge is -2.25. The molecule has 8 heteroatoms. The van der Waals surface area contributed by atoms with Crippen LogP contribution in [0.15, 0.2) is 47.6 Å². The van der Waals surface area contributed by atoms with Crippen molar-refractivity contribution in [2.75, 3.05) is 20.4 Å². The molecule has 156 valence electrons. The van der Waals surface area contributed by atoms with Crippen molar-refractivity contribution in [2.45, 2.75) is 25.8 Å². The Balaban J connectivity index is 1.66. The topological polar surface area (TPSA) is 71.4 Å². The van der Waals surface area contributed by atoms with Crippen molar-refractivity contribution >= 4 is 29.1 Å². The molecular formula is C22H22ClN3O4. The van der Waals surface area contributed by atoms with Gasteiger partial charge in [-0.2, -0.15) is 5.10 Å². The fourth-order valence-electron chi connectivity index (χ4n) is 3.61. The van der Waals surface area contributed by atoms with Crippen LogP contribution in [0.25, 0.3) is 0 Å². The number of hydrogen-bond donors (Lipinski definition) is 0. The fourth-order valence-corrected chi connectivity index (χ4v) is 3.86. The zero-order chi connectivity index (χ0) is 21.3. The van der Waals surface area contributed by atoms with E-state index in [9.17, 15) is 9.59 Å². The van der Waals surface area contributed by atoms with Gasteiger partial charge >= 0.3 is 0 Å². The molecule has 2 aliphatic heterocycles. The number of carbonyl (C=O) groups excluding carboxylic acids is 2. The molecule has 4 rings (SSSR count). The third-order valence-corrected chi connectivity index (χ3v) is 5.56. The summed E-state index contributed by atoms with van der Waals surface area (Å²) in [6, 6.07) is 12.7. The number of hydrazone groups is 1. The first-order chi connectivity index (χ1) is 14.5. The van der Waals surface area contributed by atoms with E-state index in [2.05, 4.69) is 5.10 Å². The molecule has 2 aromatic rings. The van der Waals surface area contributed by atoms with E-state index in [0.717, 1.165) is 16.8 Å². The Kier molecular flexibility index (Phi) is 5.63. The fraction of sp³-hybridized carbons (Fsp3) is 0.318. The molecule has 0 N–H and O–H groups in total. The Labute approximate surface area is 179 Å². The van der Waals surface area contributed by atoms with E-state index < -0.39 is 0 Å². The van der Waals surface area contributed by atoms with Gasteiger partial charge in [0.1, 0.15) is 6.54 Å². The van der Waals surface area contributed by atoms with Crippen LogP contribution < -0.4 is 9.47 Å². The highest BCUT2D eigenvalue weighted by Crippen LogP contribution is 2.39. The van der Waals surface area contributed by atoms with Gasteiger partial charge in [-0.15, -0.1) is 0 Å². The molecule has 0 spiro atoms. The Morgan fingerprint density at radius 1 is 1.20 bits per heavy atom. The summed E-state index contributed by atoms with van der Waals surface area (Å²) < 4.78 is 10.9. The predicted molar refractivity (Wildman–Crippen MR) is 113 cm³/mol. The first kappa shape index (κ1) is 20.2. The van der Waals surface area contributed by atoms with Crippen LogP contribution >= 0.6 is 11.6 Å². The van der Waals surface area contributed by atoms with Crippen molar-refractivity contribution in [3.63, 3.8) is 0 Å². The molecule has 0 saturated carbocycles. The summed E-state index contributed by atoms with van der Waals surface area (Å²) in [6.07, 6.45) is 0.837. The molecule has 30 heavy (non-hydrogen) atoms. The van der Waals surface area contributed by atoms with Gasteiger partial charge in [-0.25, -0.2) is 5.01 Å². The van der Waals surface area contributed by atoms with E-state index >= 15 is 0 Å². The summed E-state index contributed by atoms with van der Waals surface area (Å²) >= 11 is 6.37. The SMILES string of the molecule is CCC(=O)N(C)CC(=O)N1N=C(c2ccccc2Cl)C[C@@H]1c1ccc2c(c1)OCO2. The minimum Gasteiger partial charge on any atom is -0.454 e. The third kappa shape index (κ3) is 3.85. The minimum atomic E-state index is -0.330. The molecule has 0 aromatic heterocycles. The third-order valence-electron chi connectivity index (χ3n) is 5.23. The van der Waals surface area contributed by atoms with Gasteiger partial charge < -0.3 is 14.4 Å². The number of benzene rings is 2. The molecule has 1 atom stereocenters. The number of rotatable bonds is 5. The molecule has 0 radical (unpaired) electrons. The Bertz CT molecular complexity index is 1020. The molecular weight excluding hydrogens is 406 g/mol. The highest BCUT2D eigenvalue weighted by atomic mass is 35.5. The summed E-state index contributed by atoms with van der Waals surface area (Å²) in [5.41, 5.74) is 2.39. The molecule has 2 aromatic carbocycles. The van der Waals surface area contributed by atoms with Crippen LogP contribution in [0.1, 0.15) is 36.9 Å². The molecule has 2 heterocycles. The van der Waals surface area contributed by atoms with E-state index in [-0.39, 0.29) is 31.2 Å². The summed E-state index contributed by atoms with van der Waals surface area (Å²) in [5, 5.41) is 6.65. The van der Waals surface area contributed by atoms with Gasteiger partial charge in [0.25, 0.3) is 5.91 Å². The van der Waals surface area contributed by atoms with Crippen LogP contribution in [0.2, 0.25) is 5.02 Å². The van der Waals surface area contributed by atoms with E-state index in [1.165, 1.54) is 9.91 Å². The number of nitrogens with zero attached hydrogens (tertiary/aromatic N) is 3. The summed E-state index contributed by atoms with van der Waals surface area (Å²) in [6.45, 7) is 1.90. The zero-order valence-electron chi connectivity index (χ0n) is 16.8. The number of likely N-dealkylation sites (N-methyl/N-ethyl adjacent to an activating group) is 1. The van der Waals surface area contributed by atoms with Crippen molar-refractivity contribution in [1.29, 1.82) is 0 Å². The van der Waals surface area contributed by atoms with Gasteiger partial charge in [0, 0.05) is 30.5 Å². The van der Waals surface area contributed by atoms with Gasteiger partial charge in [0.15, 0.2) is 11.5 Å². The van der Waals surface area contributed by atoms with Crippen LogP contribution in [0.3, 0.4) is 0 Å². The second kappa shape index (κ2) is 8.36. The van der Waals surface area contributed by atoms with Crippen LogP contribution in [-0.4, -0.2) is 47.8 Å². The lowest BCUT2D eigenvalue weighted by Crippen LogP contribution is -2.38.